The maximum Gasteiger partial charge on any atom is 0.226 e. The fraction of sp³-hybridized carbons (Fsp3) is 0.562. The van der Waals surface area contributed by atoms with Gasteiger partial charge in [0.05, 0.1) is 12.0 Å². The molecule has 4 nitrogen and oxygen atoms in total. The van der Waals surface area contributed by atoms with Gasteiger partial charge < -0.3 is 15.7 Å². The summed E-state index contributed by atoms with van der Waals surface area (Å²) in [6.45, 7) is 0.952. The van der Waals surface area contributed by atoms with Crippen molar-refractivity contribution >= 4 is 5.91 Å². The number of hydrogen-bond acceptors (Lipinski definition) is 3. The van der Waals surface area contributed by atoms with Gasteiger partial charge in [0.1, 0.15) is 0 Å². The predicted octanol–water partition coefficient (Wildman–Crippen LogP) is 1.45. The highest BCUT2D eigenvalue weighted by Gasteiger charge is 2.33. The van der Waals surface area contributed by atoms with Crippen molar-refractivity contribution in [3.63, 3.8) is 0 Å². The maximum atomic E-state index is 12.2. The van der Waals surface area contributed by atoms with Crippen molar-refractivity contribution in [2.45, 2.75) is 44.2 Å². The van der Waals surface area contributed by atoms with Crippen LogP contribution in [0.5, 0.6) is 0 Å². The maximum absolute atomic E-state index is 12.2. The number of benzene rings is 1. The van der Waals surface area contributed by atoms with Crippen LogP contribution in [-0.4, -0.2) is 35.1 Å². The molecule has 0 unspecified atom stereocenters. The van der Waals surface area contributed by atoms with Crippen molar-refractivity contribution < 1.29 is 9.90 Å². The van der Waals surface area contributed by atoms with Crippen molar-refractivity contribution in [2.75, 3.05) is 13.6 Å². The van der Waals surface area contributed by atoms with E-state index in [-0.39, 0.29) is 5.91 Å². The zero-order valence-electron chi connectivity index (χ0n) is 12.1. The lowest BCUT2D eigenvalue weighted by Gasteiger charge is -2.28. The fourth-order valence-electron chi connectivity index (χ4n) is 2.82. The molecule has 0 bridgehead atoms. The van der Waals surface area contributed by atoms with Gasteiger partial charge in [-0.3, -0.25) is 4.79 Å². The van der Waals surface area contributed by atoms with Crippen LogP contribution >= 0.6 is 0 Å². The van der Waals surface area contributed by atoms with Gasteiger partial charge in [0.15, 0.2) is 0 Å². The lowest BCUT2D eigenvalue weighted by Crippen LogP contribution is -2.42. The summed E-state index contributed by atoms with van der Waals surface area (Å²) in [7, 11) is 1.77. The van der Waals surface area contributed by atoms with E-state index in [1.165, 1.54) is 0 Å². The third kappa shape index (κ3) is 3.81. The van der Waals surface area contributed by atoms with Crippen LogP contribution < -0.4 is 5.73 Å². The first-order valence-electron chi connectivity index (χ1n) is 7.27. The Balaban J connectivity index is 1.89. The quantitative estimate of drug-likeness (QED) is 0.855. The molecule has 1 saturated carbocycles. The zero-order valence-corrected chi connectivity index (χ0v) is 12.1. The average molecular weight is 276 g/mol. The van der Waals surface area contributed by atoms with Crippen molar-refractivity contribution in [1.82, 2.24) is 4.90 Å². The molecule has 1 aromatic carbocycles. The Morgan fingerprint density at radius 1 is 1.25 bits per heavy atom. The van der Waals surface area contributed by atoms with Gasteiger partial charge in [-0.1, -0.05) is 37.1 Å². The Morgan fingerprint density at radius 2 is 1.80 bits per heavy atom. The molecule has 0 saturated heterocycles. The summed E-state index contributed by atoms with van der Waals surface area (Å²) in [5.41, 5.74) is 6.93. The van der Waals surface area contributed by atoms with Crippen LogP contribution in [-0.2, 0) is 17.8 Å². The van der Waals surface area contributed by atoms with Gasteiger partial charge in [-0.05, 0) is 24.0 Å². The van der Waals surface area contributed by atoms with E-state index in [0.29, 0.717) is 19.5 Å². The minimum Gasteiger partial charge on any atom is -0.388 e. The Kier molecular flexibility index (Phi) is 4.78. The highest BCUT2D eigenvalue weighted by atomic mass is 16.3. The molecule has 0 atom stereocenters. The van der Waals surface area contributed by atoms with Crippen molar-refractivity contribution in [2.24, 2.45) is 5.73 Å². The van der Waals surface area contributed by atoms with E-state index in [9.17, 15) is 9.90 Å². The number of amides is 1. The van der Waals surface area contributed by atoms with Crippen molar-refractivity contribution in [1.29, 1.82) is 0 Å². The second kappa shape index (κ2) is 6.37. The number of aliphatic hydroxyl groups is 1. The van der Waals surface area contributed by atoms with Gasteiger partial charge in [-0.15, -0.1) is 0 Å². The second-order valence-electron chi connectivity index (χ2n) is 5.88. The molecule has 0 aromatic heterocycles. The van der Waals surface area contributed by atoms with E-state index < -0.39 is 5.60 Å². The van der Waals surface area contributed by atoms with E-state index >= 15 is 0 Å². The topological polar surface area (TPSA) is 66.6 Å². The summed E-state index contributed by atoms with van der Waals surface area (Å²) >= 11 is 0. The molecular weight excluding hydrogens is 252 g/mol. The number of nitrogens with zero attached hydrogens (tertiary/aromatic N) is 1. The normalized spacial score (nSPS) is 17.1. The van der Waals surface area contributed by atoms with E-state index in [1.807, 2.05) is 24.3 Å². The number of hydrogen-bond donors (Lipinski definition) is 2. The van der Waals surface area contributed by atoms with Crippen LogP contribution in [0.3, 0.4) is 0 Å². The molecule has 1 aliphatic rings. The lowest BCUT2D eigenvalue weighted by molar-refractivity contribution is -0.132. The minimum atomic E-state index is -0.673. The third-order valence-electron chi connectivity index (χ3n) is 4.11. The molecule has 0 radical (unpaired) electrons. The third-order valence-corrected chi connectivity index (χ3v) is 4.11. The van der Waals surface area contributed by atoms with Gasteiger partial charge in [-0.25, -0.2) is 0 Å². The molecule has 1 amide bonds. The van der Waals surface area contributed by atoms with Gasteiger partial charge in [0, 0.05) is 20.1 Å². The molecule has 2 rings (SSSR count). The van der Waals surface area contributed by atoms with E-state index in [1.54, 1.807) is 11.9 Å². The summed E-state index contributed by atoms with van der Waals surface area (Å²) < 4.78 is 0. The minimum absolute atomic E-state index is 0.0471. The first-order chi connectivity index (χ1) is 9.52. The molecule has 3 N–H and O–H groups in total. The summed E-state index contributed by atoms with van der Waals surface area (Å²) in [5, 5.41) is 10.3. The molecule has 110 valence electrons. The molecule has 20 heavy (non-hydrogen) atoms. The molecule has 1 aliphatic carbocycles. The van der Waals surface area contributed by atoms with Crippen LogP contribution in [0.1, 0.15) is 36.8 Å². The Hall–Kier alpha value is -1.39. The Morgan fingerprint density at radius 3 is 2.35 bits per heavy atom. The Labute approximate surface area is 120 Å². The van der Waals surface area contributed by atoms with E-state index in [4.69, 9.17) is 5.73 Å². The summed E-state index contributed by atoms with van der Waals surface area (Å²) in [5.74, 6) is 0.0471. The number of nitrogens with two attached hydrogens (primary N) is 1. The zero-order chi connectivity index (χ0) is 14.6. The van der Waals surface area contributed by atoms with Gasteiger partial charge >= 0.3 is 0 Å². The van der Waals surface area contributed by atoms with Gasteiger partial charge in [0.2, 0.25) is 5.91 Å². The average Bonchev–Trinajstić information content (AvgIpc) is 2.86. The lowest BCUT2D eigenvalue weighted by atomic mass is 10.0. The highest BCUT2D eigenvalue weighted by molar-refractivity contribution is 5.78. The predicted molar refractivity (Wildman–Crippen MR) is 79.1 cm³/mol. The monoisotopic (exact) mass is 276 g/mol. The molecule has 4 heteroatoms. The molecule has 0 spiro atoms. The summed E-state index contributed by atoms with van der Waals surface area (Å²) in [6.07, 6.45) is 4.08. The van der Waals surface area contributed by atoms with Crippen LogP contribution in [0.4, 0.5) is 0 Å². The van der Waals surface area contributed by atoms with Crippen LogP contribution in [0.2, 0.25) is 0 Å². The van der Waals surface area contributed by atoms with Crippen molar-refractivity contribution in [3.05, 3.63) is 35.4 Å². The summed E-state index contributed by atoms with van der Waals surface area (Å²) in [6, 6.07) is 7.79. The largest absolute Gasteiger partial charge is 0.388 e. The van der Waals surface area contributed by atoms with E-state index in [0.717, 1.165) is 36.8 Å². The fourth-order valence-corrected chi connectivity index (χ4v) is 2.82. The van der Waals surface area contributed by atoms with Gasteiger partial charge in [-0.2, -0.15) is 0 Å². The first-order valence-corrected chi connectivity index (χ1v) is 7.27. The SMILES string of the molecule is CN(CC1(O)CCCC1)C(=O)Cc1ccc(CN)cc1. The number of rotatable bonds is 5. The molecule has 1 aromatic rings. The van der Waals surface area contributed by atoms with Crippen molar-refractivity contribution in [3.8, 4) is 0 Å². The van der Waals surface area contributed by atoms with Crippen LogP contribution in [0, 0.1) is 0 Å². The van der Waals surface area contributed by atoms with Crippen LogP contribution in [0.15, 0.2) is 24.3 Å². The molecule has 0 heterocycles. The standard InChI is InChI=1S/C16H24N2O2/c1-18(12-16(20)8-2-3-9-16)15(19)10-13-4-6-14(11-17)7-5-13/h4-7,20H,2-3,8-12,17H2,1H3. The molecule has 1 fully saturated rings. The Bertz CT molecular complexity index is 450. The van der Waals surface area contributed by atoms with E-state index in [2.05, 4.69) is 0 Å². The number of likely N-dealkylation sites (N-methyl/N-ethyl adjacent to an activating group) is 1. The molecule has 0 aliphatic heterocycles. The second-order valence-corrected chi connectivity index (χ2v) is 5.88. The number of carbonyl (C=O) groups is 1. The first kappa shape index (κ1) is 15.0. The van der Waals surface area contributed by atoms with Crippen LogP contribution in [0.25, 0.3) is 0 Å². The smallest absolute Gasteiger partial charge is 0.226 e. The summed E-state index contributed by atoms with van der Waals surface area (Å²) in [4.78, 5) is 13.8. The molecular formula is C16H24N2O2. The van der Waals surface area contributed by atoms with Gasteiger partial charge in [0.25, 0.3) is 0 Å². The number of carbonyl (C=O) groups excluding carboxylic acids is 1. The highest BCUT2D eigenvalue weighted by Crippen LogP contribution is 2.30.